The molecule has 14 heavy (non-hydrogen) atoms. The summed E-state index contributed by atoms with van der Waals surface area (Å²) in [6, 6.07) is 1.64. The molecule has 1 aliphatic heterocycles. The quantitative estimate of drug-likeness (QED) is 0.723. The molecule has 0 aromatic heterocycles. The second kappa shape index (κ2) is 3.49. The van der Waals surface area contributed by atoms with Crippen LogP contribution in [0.5, 0.6) is 0 Å². The van der Waals surface area contributed by atoms with Gasteiger partial charge in [0.15, 0.2) is 0 Å². The molecule has 0 amide bonds. The molecular weight excluding hydrogens is 172 g/mol. The van der Waals surface area contributed by atoms with Gasteiger partial charge in [-0.1, -0.05) is 6.42 Å². The molecule has 4 unspecified atom stereocenters. The van der Waals surface area contributed by atoms with Crippen LogP contribution in [-0.4, -0.2) is 30.1 Å². The number of fused-ring (bicyclic) bond motifs is 2. The summed E-state index contributed by atoms with van der Waals surface area (Å²) in [5.41, 5.74) is 5.85. The normalized spacial score (nSPS) is 47.8. The lowest BCUT2D eigenvalue weighted by atomic mass is 9.93. The van der Waals surface area contributed by atoms with Crippen LogP contribution in [0.3, 0.4) is 0 Å². The first kappa shape index (κ1) is 9.17. The zero-order valence-electron chi connectivity index (χ0n) is 8.99. The summed E-state index contributed by atoms with van der Waals surface area (Å²) in [6.07, 6.45) is 8.77. The Bertz CT molecular complexity index is 212. The molecule has 2 nitrogen and oxygen atoms in total. The van der Waals surface area contributed by atoms with Crippen LogP contribution < -0.4 is 5.73 Å². The van der Waals surface area contributed by atoms with Crippen molar-refractivity contribution in [2.45, 2.75) is 50.6 Å². The SMILES string of the molecule is NCC1CCCN1C1CC2CCC1C2. The minimum absolute atomic E-state index is 0.722. The molecule has 3 fully saturated rings. The largest absolute Gasteiger partial charge is 0.329 e. The fraction of sp³-hybridized carbons (Fsp3) is 1.00. The van der Waals surface area contributed by atoms with E-state index in [1.165, 1.54) is 45.1 Å². The molecule has 2 N–H and O–H groups in total. The lowest BCUT2D eigenvalue weighted by Crippen LogP contribution is -2.45. The highest BCUT2D eigenvalue weighted by molar-refractivity contribution is 4.98. The second-order valence-electron chi connectivity index (χ2n) is 5.51. The molecule has 0 radical (unpaired) electrons. The van der Waals surface area contributed by atoms with Crippen molar-refractivity contribution in [2.75, 3.05) is 13.1 Å². The Morgan fingerprint density at radius 2 is 2.07 bits per heavy atom. The summed E-state index contributed by atoms with van der Waals surface area (Å²) in [4.78, 5) is 2.75. The first-order chi connectivity index (χ1) is 6.88. The van der Waals surface area contributed by atoms with Crippen LogP contribution in [0.1, 0.15) is 38.5 Å². The Hall–Kier alpha value is -0.0800. The van der Waals surface area contributed by atoms with Gasteiger partial charge in [0.2, 0.25) is 0 Å². The topological polar surface area (TPSA) is 29.3 Å². The van der Waals surface area contributed by atoms with Gasteiger partial charge in [0.1, 0.15) is 0 Å². The van der Waals surface area contributed by atoms with Crippen LogP contribution >= 0.6 is 0 Å². The summed E-state index contributed by atoms with van der Waals surface area (Å²) in [5.74, 6) is 2.11. The van der Waals surface area contributed by atoms with Crippen LogP contribution in [0.25, 0.3) is 0 Å². The van der Waals surface area contributed by atoms with Gasteiger partial charge in [-0.2, -0.15) is 0 Å². The molecule has 80 valence electrons. The Morgan fingerprint density at radius 1 is 1.14 bits per heavy atom. The third-order valence-electron chi connectivity index (χ3n) is 4.82. The number of hydrogen-bond donors (Lipinski definition) is 1. The highest BCUT2D eigenvalue weighted by atomic mass is 15.2. The Labute approximate surface area is 86.8 Å². The van der Waals surface area contributed by atoms with Gasteiger partial charge in [-0.3, -0.25) is 4.90 Å². The van der Waals surface area contributed by atoms with Gasteiger partial charge in [-0.05, 0) is 50.5 Å². The van der Waals surface area contributed by atoms with E-state index in [1.807, 2.05) is 0 Å². The summed E-state index contributed by atoms with van der Waals surface area (Å²) in [5, 5.41) is 0. The van der Waals surface area contributed by atoms with Gasteiger partial charge >= 0.3 is 0 Å². The number of nitrogens with two attached hydrogens (primary N) is 1. The molecule has 2 heteroatoms. The van der Waals surface area contributed by atoms with Gasteiger partial charge < -0.3 is 5.73 Å². The Balaban J connectivity index is 1.70. The first-order valence-corrected chi connectivity index (χ1v) is 6.34. The van der Waals surface area contributed by atoms with E-state index in [0.29, 0.717) is 0 Å². The van der Waals surface area contributed by atoms with Crippen molar-refractivity contribution in [1.82, 2.24) is 4.90 Å². The molecule has 3 rings (SSSR count). The molecule has 1 saturated heterocycles. The van der Waals surface area contributed by atoms with E-state index in [0.717, 1.165) is 30.5 Å². The van der Waals surface area contributed by atoms with Gasteiger partial charge in [0.25, 0.3) is 0 Å². The second-order valence-corrected chi connectivity index (χ2v) is 5.51. The maximum Gasteiger partial charge on any atom is 0.0221 e. The lowest BCUT2D eigenvalue weighted by Gasteiger charge is -2.35. The van der Waals surface area contributed by atoms with Crippen molar-refractivity contribution in [3.05, 3.63) is 0 Å². The van der Waals surface area contributed by atoms with Crippen LogP contribution in [0.15, 0.2) is 0 Å². The third-order valence-corrected chi connectivity index (χ3v) is 4.82. The van der Waals surface area contributed by atoms with Crippen molar-refractivity contribution < 1.29 is 0 Å². The van der Waals surface area contributed by atoms with E-state index >= 15 is 0 Å². The molecule has 2 saturated carbocycles. The van der Waals surface area contributed by atoms with Crippen LogP contribution in [0, 0.1) is 11.8 Å². The number of nitrogens with zero attached hydrogens (tertiary/aromatic N) is 1. The average Bonchev–Trinajstić information content (AvgIpc) is 2.92. The minimum Gasteiger partial charge on any atom is -0.329 e. The summed E-state index contributed by atoms with van der Waals surface area (Å²) in [7, 11) is 0. The summed E-state index contributed by atoms with van der Waals surface area (Å²) in [6.45, 7) is 2.21. The molecule has 4 atom stereocenters. The van der Waals surface area contributed by atoms with E-state index < -0.39 is 0 Å². The maximum absolute atomic E-state index is 5.85. The smallest absolute Gasteiger partial charge is 0.0221 e. The maximum atomic E-state index is 5.85. The van der Waals surface area contributed by atoms with Crippen molar-refractivity contribution in [1.29, 1.82) is 0 Å². The molecule has 0 aromatic rings. The standard InChI is InChI=1S/C12H22N2/c13-8-11-2-1-5-14(11)12-7-9-3-4-10(12)6-9/h9-12H,1-8,13H2. The zero-order chi connectivity index (χ0) is 9.54. The molecular formula is C12H22N2. The van der Waals surface area contributed by atoms with E-state index in [1.54, 1.807) is 0 Å². The van der Waals surface area contributed by atoms with E-state index in [2.05, 4.69) is 4.90 Å². The zero-order valence-corrected chi connectivity index (χ0v) is 8.99. The molecule has 1 heterocycles. The van der Waals surface area contributed by atoms with Crippen LogP contribution in [-0.2, 0) is 0 Å². The molecule has 0 spiro atoms. The van der Waals surface area contributed by atoms with Crippen molar-refractivity contribution in [3.63, 3.8) is 0 Å². The molecule has 2 aliphatic carbocycles. The molecule has 0 aromatic carbocycles. The van der Waals surface area contributed by atoms with E-state index in [9.17, 15) is 0 Å². The summed E-state index contributed by atoms with van der Waals surface area (Å²) >= 11 is 0. The Kier molecular flexibility index (Phi) is 2.29. The van der Waals surface area contributed by atoms with Crippen molar-refractivity contribution in [2.24, 2.45) is 17.6 Å². The predicted octanol–water partition coefficient (Wildman–Crippen LogP) is 1.60. The van der Waals surface area contributed by atoms with Crippen LogP contribution in [0.4, 0.5) is 0 Å². The third kappa shape index (κ3) is 1.31. The van der Waals surface area contributed by atoms with E-state index in [4.69, 9.17) is 5.73 Å². The van der Waals surface area contributed by atoms with E-state index in [-0.39, 0.29) is 0 Å². The van der Waals surface area contributed by atoms with Crippen LogP contribution in [0.2, 0.25) is 0 Å². The minimum atomic E-state index is 0.722. The van der Waals surface area contributed by atoms with Gasteiger partial charge in [0.05, 0.1) is 0 Å². The molecule has 3 aliphatic rings. The Morgan fingerprint density at radius 3 is 2.71 bits per heavy atom. The monoisotopic (exact) mass is 194 g/mol. The van der Waals surface area contributed by atoms with Gasteiger partial charge in [0, 0.05) is 18.6 Å². The summed E-state index contributed by atoms with van der Waals surface area (Å²) < 4.78 is 0. The number of rotatable bonds is 2. The fourth-order valence-electron chi connectivity index (χ4n) is 4.17. The van der Waals surface area contributed by atoms with Crippen molar-refractivity contribution >= 4 is 0 Å². The average molecular weight is 194 g/mol. The highest BCUT2D eigenvalue weighted by Crippen LogP contribution is 2.47. The highest BCUT2D eigenvalue weighted by Gasteiger charge is 2.44. The number of likely N-dealkylation sites (tertiary alicyclic amines) is 1. The van der Waals surface area contributed by atoms with Crippen molar-refractivity contribution in [3.8, 4) is 0 Å². The lowest BCUT2D eigenvalue weighted by molar-refractivity contribution is 0.132. The van der Waals surface area contributed by atoms with Gasteiger partial charge in [-0.25, -0.2) is 0 Å². The first-order valence-electron chi connectivity index (χ1n) is 6.34. The predicted molar refractivity (Wildman–Crippen MR) is 58.0 cm³/mol. The molecule has 2 bridgehead atoms. The van der Waals surface area contributed by atoms with Gasteiger partial charge in [-0.15, -0.1) is 0 Å². The fourth-order valence-corrected chi connectivity index (χ4v) is 4.17. The number of hydrogen-bond acceptors (Lipinski definition) is 2.